The Kier molecular flexibility index (Phi) is 5.10. The van der Waals surface area contributed by atoms with E-state index in [1.54, 1.807) is 0 Å². The molecular formula is C16H23F2NO2. The molecule has 1 saturated heterocycles. The molecule has 1 N–H and O–H groups in total. The summed E-state index contributed by atoms with van der Waals surface area (Å²) < 4.78 is 26.9. The Labute approximate surface area is 124 Å². The molecular weight excluding hydrogens is 276 g/mol. The van der Waals surface area contributed by atoms with E-state index in [1.165, 1.54) is 12.1 Å². The molecule has 2 rings (SSSR count). The number of hydrogen-bond donors (Lipinski definition) is 1. The Morgan fingerprint density at radius 3 is 2.38 bits per heavy atom. The van der Waals surface area contributed by atoms with Crippen molar-refractivity contribution in [1.82, 2.24) is 4.90 Å². The molecule has 0 aliphatic carbocycles. The predicted molar refractivity (Wildman–Crippen MR) is 78.3 cm³/mol. The summed E-state index contributed by atoms with van der Waals surface area (Å²) in [6, 6.07) is 3.35. The Balaban J connectivity index is 0.00000220. The van der Waals surface area contributed by atoms with Crippen LogP contribution in [0.2, 0.25) is 0 Å². The van der Waals surface area contributed by atoms with Crippen molar-refractivity contribution in [2.75, 3.05) is 13.1 Å². The number of aliphatic carboxylic acids is 1. The molecule has 21 heavy (non-hydrogen) atoms. The van der Waals surface area contributed by atoms with Crippen molar-refractivity contribution in [1.29, 1.82) is 0 Å². The maximum Gasteiger partial charge on any atom is 0.308 e. The van der Waals surface area contributed by atoms with E-state index in [4.69, 9.17) is 0 Å². The Morgan fingerprint density at radius 2 is 1.90 bits per heavy atom. The highest BCUT2D eigenvalue weighted by molar-refractivity contribution is 5.72. The highest BCUT2D eigenvalue weighted by Crippen LogP contribution is 2.37. The van der Waals surface area contributed by atoms with E-state index in [0.717, 1.165) is 6.07 Å². The first-order valence-electron chi connectivity index (χ1n) is 6.63. The number of nitrogens with zero attached hydrogens (tertiary/aromatic N) is 1. The van der Waals surface area contributed by atoms with Crippen molar-refractivity contribution < 1.29 is 18.7 Å². The molecule has 1 fully saturated rings. The van der Waals surface area contributed by atoms with Crippen molar-refractivity contribution >= 4 is 5.97 Å². The fraction of sp³-hybridized carbons (Fsp3) is 0.562. The summed E-state index contributed by atoms with van der Waals surface area (Å²) in [7, 11) is 0. The number of carbonyl (C=O) groups is 1. The van der Waals surface area contributed by atoms with E-state index in [2.05, 4.69) is 0 Å². The lowest BCUT2D eigenvalue weighted by Crippen LogP contribution is -2.40. The summed E-state index contributed by atoms with van der Waals surface area (Å²) in [6.07, 6.45) is 0. The molecule has 0 spiro atoms. The minimum absolute atomic E-state index is 0. The Bertz CT molecular complexity index is 525. The third kappa shape index (κ3) is 3.59. The number of likely N-dealkylation sites (tertiary alicyclic amines) is 1. The first-order chi connectivity index (χ1) is 9.20. The van der Waals surface area contributed by atoms with Crippen LogP contribution < -0.4 is 0 Å². The number of carboxylic acid groups (broad SMARTS) is 1. The third-order valence-electron chi connectivity index (χ3n) is 3.95. The molecule has 0 amide bonds. The lowest BCUT2D eigenvalue weighted by molar-refractivity contribution is -0.141. The summed E-state index contributed by atoms with van der Waals surface area (Å²) >= 11 is 0. The molecule has 1 aliphatic rings. The number of hydrogen-bond acceptors (Lipinski definition) is 2. The maximum atomic E-state index is 13.9. The molecule has 3 nitrogen and oxygen atoms in total. The molecule has 2 atom stereocenters. The maximum absolute atomic E-state index is 13.9. The second-order valence-electron chi connectivity index (χ2n) is 6.29. The fourth-order valence-electron chi connectivity index (χ4n) is 2.72. The molecule has 0 saturated carbocycles. The van der Waals surface area contributed by atoms with Gasteiger partial charge in [0.25, 0.3) is 0 Å². The molecule has 1 heterocycles. The van der Waals surface area contributed by atoms with Gasteiger partial charge in [0.15, 0.2) is 0 Å². The van der Waals surface area contributed by atoms with Gasteiger partial charge in [-0.3, -0.25) is 9.69 Å². The molecule has 0 radical (unpaired) electrons. The van der Waals surface area contributed by atoms with E-state index < -0.39 is 29.4 Å². The van der Waals surface area contributed by atoms with Gasteiger partial charge in [-0.2, -0.15) is 0 Å². The highest BCUT2D eigenvalue weighted by Gasteiger charge is 2.42. The van der Waals surface area contributed by atoms with Crippen LogP contribution in [0.1, 0.15) is 39.7 Å². The zero-order valence-electron chi connectivity index (χ0n) is 11.9. The fourth-order valence-corrected chi connectivity index (χ4v) is 2.72. The van der Waals surface area contributed by atoms with Gasteiger partial charge in [0, 0.05) is 30.6 Å². The van der Waals surface area contributed by atoms with Crippen molar-refractivity contribution in [3.05, 3.63) is 35.4 Å². The average molecular weight is 299 g/mol. The van der Waals surface area contributed by atoms with Crippen LogP contribution in [0, 0.1) is 17.6 Å². The summed E-state index contributed by atoms with van der Waals surface area (Å²) in [5, 5.41) is 9.35. The van der Waals surface area contributed by atoms with Crippen LogP contribution in [-0.4, -0.2) is 34.6 Å². The topological polar surface area (TPSA) is 40.5 Å². The Hall–Kier alpha value is -1.49. The lowest BCUT2D eigenvalue weighted by Gasteiger charge is -2.31. The number of rotatable bonds is 2. The standard InChI is InChI=1S/C15H19F2NO2.CH4/c1-15(2,3)18-7-11(12(8-18)14(19)20)10-5-4-9(16)6-13(10)17;/h4-6,11-12H,7-8H2,1-3H3,(H,19,20);1H4/t11-,12?;/m0./s1. The summed E-state index contributed by atoms with van der Waals surface area (Å²) in [5.74, 6) is -3.38. The van der Waals surface area contributed by atoms with Crippen molar-refractivity contribution in [2.45, 2.75) is 39.7 Å². The Morgan fingerprint density at radius 1 is 1.29 bits per heavy atom. The third-order valence-corrected chi connectivity index (χ3v) is 3.95. The van der Waals surface area contributed by atoms with E-state index in [1.807, 2.05) is 25.7 Å². The quantitative estimate of drug-likeness (QED) is 0.908. The number of benzene rings is 1. The normalized spacial score (nSPS) is 22.9. The number of carboxylic acids is 1. The molecule has 1 unspecified atom stereocenters. The van der Waals surface area contributed by atoms with E-state index >= 15 is 0 Å². The largest absolute Gasteiger partial charge is 0.481 e. The van der Waals surface area contributed by atoms with Gasteiger partial charge in [-0.25, -0.2) is 8.78 Å². The summed E-state index contributed by atoms with van der Waals surface area (Å²) in [4.78, 5) is 13.4. The molecule has 0 bridgehead atoms. The van der Waals surface area contributed by atoms with Crippen LogP contribution in [0.5, 0.6) is 0 Å². The van der Waals surface area contributed by atoms with Gasteiger partial charge in [0.2, 0.25) is 0 Å². The van der Waals surface area contributed by atoms with Crippen LogP contribution >= 0.6 is 0 Å². The smallest absolute Gasteiger partial charge is 0.308 e. The van der Waals surface area contributed by atoms with E-state index in [9.17, 15) is 18.7 Å². The minimum atomic E-state index is -0.939. The highest BCUT2D eigenvalue weighted by atomic mass is 19.1. The second-order valence-corrected chi connectivity index (χ2v) is 6.29. The molecule has 1 aliphatic heterocycles. The summed E-state index contributed by atoms with van der Waals surface area (Å²) in [6.45, 7) is 6.82. The zero-order chi connectivity index (χ0) is 15.1. The predicted octanol–water partition coefficient (Wildman–Crippen LogP) is 3.50. The SMILES string of the molecule is C.CC(C)(C)N1CC(C(=O)O)[C@H](c2ccc(F)cc2F)C1. The van der Waals surface area contributed by atoms with Gasteiger partial charge in [-0.15, -0.1) is 0 Å². The van der Waals surface area contributed by atoms with Gasteiger partial charge in [0.05, 0.1) is 5.92 Å². The molecule has 118 valence electrons. The first-order valence-corrected chi connectivity index (χ1v) is 6.63. The molecule has 1 aromatic carbocycles. The molecule has 0 aromatic heterocycles. The monoisotopic (exact) mass is 299 g/mol. The van der Waals surface area contributed by atoms with Crippen LogP contribution in [0.15, 0.2) is 18.2 Å². The second kappa shape index (κ2) is 6.10. The van der Waals surface area contributed by atoms with Gasteiger partial charge >= 0.3 is 5.97 Å². The van der Waals surface area contributed by atoms with Crippen LogP contribution in [0.3, 0.4) is 0 Å². The molecule has 5 heteroatoms. The van der Waals surface area contributed by atoms with Crippen molar-refractivity contribution in [2.24, 2.45) is 5.92 Å². The van der Waals surface area contributed by atoms with Crippen LogP contribution in [0.4, 0.5) is 8.78 Å². The van der Waals surface area contributed by atoms with Crippen molar-refractivity contribution in [3.8, 4) is 0 Å². The van der Waals surface area contributed by atoms with Crippen molar-refractivity contribution in [3.63, 3.8) is 0 Å². The van der Waals surface area contributed by atoms with E-state index in [0.29, 0.717) is 13.1 Å². The van der Waals surface area contributed by atoms with Gasteiger partial charge < -0.3 is 5.11 Å². The van der Waals surface area contributed by atoms with Crippen LogP contribution in [-0.2, 0) is 4.79 Å². The average Bonchev–Trinajstić information content (AvgIpc) is 2.73. The van der Waals surface area contributed by atoms with Gasteiger partial charge in [0.1, 0.15) is 11.6 Å². The first kappa shape index (κ1) is 17.6. The number of halogens is 2. The van der Waals surface area contributed by atoms with Gasteiger partial charge in [-0.05, 0) is 32.4 Å². The van der Waals surface area contributed by atoms with Crippen LogP contribution in [0.25, 0.3) is 0 Å². The zero-order valence-corrected chi connectivity index (χ0v) is 11.9. The minimum Gasteiger partial charge on any atom is -0.481 e. The van der Waals surface area contributed by atoms with Gasteiger partial charge in [-0.1, -0.05) is 13.5 Å². The van der Waals surface area contributed by atoms with E-state index in [-0.39, 0.29) is 18.5 Å². The lowest BCUT2D eigenvalue weighted by atomic mass is 9.88. The summed E-state index contributed by atoms with van der Waals surface area (Å²) in [5.41, 5.74) is 0.101. The molecule has 1 aromatic rings.